The van der Waals surface area contributed by atoms with Crippen molar-refractivity contribution in [3.63, 3.8) is 0 Å². The van der Waals surface area contributed by atoms with E-state index >= 15 is 0 Å². The van der Waals surface area contributed by atoms with Crippen molar-refractivity contribution in [2.45, 2.75) is 25.3 Å². The van der Waals surface area contributed by atoms with Crippen molar-refractivity contribution in [1.82, 2.24) is 9.88 Å². The topological polar surface area (TPSA) is 42.4 Å². The van der Waals surface area contributed by atoms with Crippen LogP contribution in [0.5, 0.6) is 5.75 Å². The molecule has 114 valence electrons. The van der Waals surface area contributed by atoms with Crippen LogP contribution in [0.2, 0.25) is 0 Å². The van der Waals surface area contributed by atoms with Crippen LogP contribution in [-0.2, 0) is 11.2 Å². The number of hydrogen-bond donors (Lipinski definition) is 0. The van der Waals surface area contributed by atoms with E-state index in [0.29, 0.717) is 6.42 Å². The Balaban J connectivity index is 1.70. The Morgan fingerprint density at radius 1 is 1.23 bits per heavy atom. The van der Waals surface area contributed by atoms with Gasteiger partial charge < -0.3 is 9.64 Å². The van der Waals surface area contributed by atoms with Crippen LogP contribution >= 0.6 is 0 Å². The summed E-state index contributed by atoms with van der Waals surface area (Å²) in [6.45, 7) is 0.835. The number of likely N-dealkylation sites (tertiary alicyclic amines) is 1. The molecule has 1 unspecified atom stereocenters. The summed E-state index contributed by atoms with van der Waals surface area (Å²) >= 11 is 0. The van der Waals surface area contributed by atoms with Crippen molar-refractivity contribution >= 4 is 5.91 Å². The summed E-state index contributed by atoms with van der Waals surface area (Å²) in [5.74, 6) is 0.997. The van der Waals surface area contributed by atoms with E-state index in [9.17, 15) is 4.79 Å². The third-order valence-electron chi connectivity index (χ3n) is 4.18. The highest BCUT2D eigenvalue weighted by Gasteiger charge is 2.29. The molecule has 3 rings (SSSR count). The molecule has 1 aromatic heterocycles. The molecule has 0 N–H and O–H groups in total. The Labute approximate surface area is 130 Å². The molecule has 1 atom stereocenters. The molecule has 1 aliphatic heterocycles. The zero-order valence-electron chi connectivity index (χ0n) is 12.7. The van der Waals surface area contributed by atoms with Crippen molar-refractivity contribution in [3.05, 3.63) is 59.9 Å². The van der Waals surface area contributed by atoms with E-state index in [4.69, 9.17) is 4.74 Å². The summed E-state index contributed by atoms with van der Waals surface area (Å²) in [5, 5.41) is 0. The minimum atomic E-state index is 0.185. The number of benzene rings is 1. The molecule has 0 saturated carbocycles. The highest BCUT2D eigenvalue weighted by atomic mass is 16.5. The SMILES string of the molecule is COc1ccc(CC(=O)N2CCCC2c2ccncc2)cc1. The van der Waals surface area contributed by atoms with Crippen LogP contribution < -0.4 is 4.74 Å². The number of nitrogens with zero attached hydrogens (tertiary/aromatic N) is 2. The van der Waals surface area contributed by atoms with Gasteiger partial charge in [-0.15, -0.1) is 0 Å². The average Bonchev–Trinajstić information content (AvgIpc) is 3.06. The third-order valence-corrected chi connectivity index (χ3v) is 4.18. The fraction of sp³-hybridized carbons (Fsp3) is 0.333. The highest BCUT2D eigenvalue weighted by molar-refractivity contribution is 5.79. The monoisotopic (exact) mass is 296 g/mol. The largest absolute Gasteiger partial charge is 0.497 e. The summed E-state index contributed by atoms with van der Waals surface area (Å²) < 4.78 is 5.15. The molecule has 1 amide bonds. The zero-order chi connectivity index (χ0) is 15.4. The third kappa shape index (κ3) is 3.11. The van der Waals surface area contributed by atoms with Crippen molar-refractivity contribution in [1.29, 1.82) is 0 Å². The molecule has 0 spiro atoms. The molecule has 0 aliphatic carbocycles. The second-order valence-corrected chi connectivity index (χ2v) is 5.55. The van der Waals surface area contributed by atoms with E-state index in [1.165, 1.54) is 5.56 Å². The van der Waals surface area contributed by atoms with Crippen molar-refractivity contribution in [2.24, 2.45) is 0 Å². The van der Waals surface area contributed by atoms with Gasteiger partial charge in [-0.05, 0) is 48.2 Å². The summed E-state index contributed by atoms with van der Waals surface area (Å²) in [4.78, 5) is 18.7. The molecule has 2 heterocycles. The number of carbonyl (C=O) groups is 1. The van der Waals surface area contributed by atoms with E-state index in [0.717, 1.165) is 30.7 Å². The van der Waals surface area contributed by atoms with Gasteiger partial charge in [0.05, 0.1) is 19.6 Å². The minimum absolute atomic E-state index is 0.185. The fourth-order valence-electron chi connectivity index (χ4n) is 3.02. The second-order valence-electron chi connectivity index (χ2n) is 5.55. The van der Waals surface area contributed by atoms with Gasteiger partial charge in [0.1, 0.15) is 5.75 Å². The fourth-order valence-corrected chi connectivity index (χ4v) is 3.02. The number of rotatable bonds is 4. The minimum Gasteiger partial charge on any atom is -0.497 e. The molecular weight excluding hydrogens is 276 g/mol. The van der Waals surface area contributed by atoms with Gasteiger partial charge >= 0.3 is 0 Å². The molecule has 1 aromatic carbocycles. The van der Waals surface area contributed by atoms with Crippen LogP contribution in [0.4, 0.5) is 0 Å². The predicted octanol–water partition coefficient (Wildman–Crippen LogP) is 3.00. The smallest absolute Gasteiger partial charge is 0.227 e. The lowest BCUT2D eigenvalue weighted by Crippen LogP contribution is -2.31. The normalized spacial score (nSPS) is 17.5. The Kier molecular flexibility index (Phi) is 4.37. The molecule has 1 saturated heterocycles. The lowest BCUT2D eigenvalue weighted by atomic mass is 10.1. The van der Waals surface area contributed by atoms with Crippen LogP contribution in [0, 0.1) is 0 Å². The number of ether oxygens (including phenoxy) is 1. The quantitative estimate of drug-likeness (QED) is 0.871. The molecule has 1 fully saturated rings. The van der Waals surface area contributed by atoms with Crippen LogP contribution in [0.25, 0.3) is 0 Å². The van der Waals surface area contributed by atoms with E-state index < -0.39 is 0 Å². The first kappa shape index (κ1) is 14.6. The first-order valence-corrected chi connectivity index (χ1v) is 7.60. The molecule has 22 heavy (non-hydrogen) atoms. The van der Waals surface area contributed by atoms with Crippen LogP contribution in [0.3, 0.4) is 0 Å². The summed E-state index contributed by atoms with van der Waals surface area (Å²) in [6, 6.07) is 11.9. The van der Waals surface area contributed by atoms with Gasteiger partial charge in [0.15, 0.2) is 0 Å². The lowest BCUT2D eigenvalue weighted by molar-refractivity contribution is -0.131. The van der Waals surface area contributed by atoms with E-state index in [2.05, 4.69) is 4.98 Å². The van der Waals surface area contributed by atoms with Crippen LogP contribution in [-0.4, -0.2) is 29.4 Å². The maximum atomic E-state index is 12.6. The summed E-state index contributed by atoms with van der Waals surface area (Å²) in [5.41, 5.74) is 2.20. The van der Waals surface area contributed by atoms with Crippen molar-refractivity contribution in [2.75, 3.05) is 13.7 Å². The molecule has 0 radical (unpaired) electrons. The molecule has 4 nitrogen and oxygen atoms in total. The average molecular weight is 296 g/mol. The maximum Gasteiger partial charge on any atom is 0.227 e. The number of amides is 1. The van der Waals surface area contributed by atoms with Gasteiger partial charge in [0, 0.05) is 18.9 Å². The number of carbonyl (C=O) groups excluding carboxylic acids is 1. The molecule has 2 aromatic rings. The van der Waals surface area contributed by atoms with Crippen molar-refractivity contribution in [3.8, 4) is 5.75 Å². The molecule has 4 heteroatoms. The Morgan fingerprint density at radius 3 is 2.64 bits per heavy atom. The Morgan fingerprint density at radius 2 is 1.95 bits per heavy atom. The predicted molar refractivity (Wildman–Crippen MR) is 84.6 cm³/mol. The number of hydrogen-bond acceptors (Lipinski definition) is 3. The van der Waals surface area contributed by atoms with E-state index in [1.54, 1.807) is 19.5 Å². The Bertz CT molecular complexity index is 625. The highest BCUT2D eigenvalue weighted by Crippen LogP contribution is 2.32. The standard InChI is InChI=1S/C18H20N2O2/c1-22-16-6-4-14(5-7-16)13-18(21)20-12-2-3-17(20)15-8-10-19-11-9-15/h4-11,17H,2-3,12-13H2,1H3. The van der Waals surface area contributed by atoms with Gasteiger partial charge in [-0.1, -0.05) is 12.1 Å². The van der Waals surface area contributed by atoms with Gasteiger partial charge in [-0.2, -0.15) is 0 Å². The second kappa shape index (κ2) is 6.60. The Hall–Kier alpha value is -2.36. The molecular formula is C18H20N2O2. The van der Waals surface area contributed by atoms with E-state index in [-0.39, 0.29) is 11.9 Å². The van der Waals surface area contributed by atoms with Gasteiger partial charge in [0.25, 0.3) is 0 Å². The molecule has 1 aliphatic rings. The number of aromatic nitrogens is 1. The lowest BCUT2D eigenvalue weighted by Gasteiger charge is -2.25. The number of methoxy groups -OCH3 is 1. The number of pyridine rings is 1. The van der Waals surface area contributed by atoms with Gasteiger partial charge in [-0.3, -0.25) is 9.78 Å². The summed E-state index contributed by atoms with van der Waals surface area (Å²) in [7, 11) is 1.64. The molecule has 0 bridgehead atoms. The van der Waals surface area contributed by atoms with Gasteiger partial charge in [0.2, 0.25) is 5.91 Å². The maximum absolute atomic E-state index is 12.6. The van der Waals surface area contributed by atoms with E-state index in [1.807, 2.05) is 41.3 Å². The van der Waals surface area contributed by atoms with Crippen molar-refractivity contribution < 1.29 is 9.53 Å². The van der Waals surface area contributed by atoms with Crippen LogP contribution in [0.1, 0.15) is 30.0 Å². The first-order chi connectivity index (χ1) is 10.8. The first-order valence-electron chi connectivity index (χ1n) is 7.60. The zero-order valence-corrected chi connectivity index (χ0v) is 12.7. The summed E-state index contributed by atoms with van der Waals surface area (Å²) in [6.07, 6.45) is 6.10. The van der Waals surface area contributed by atoms with Gasteiger partial charge in [-0.25, -0.2) is 0 Å². The van der Waals surface area contributed by atoms with Crippen LogP contribution in [0.15, 0.2) is 48.8 Å².